The van der Waals surface area contributed by atoms with Crippen molar-refractivity contribution in [2.75, 3.05) is 0 Å². The number of esters is 2. The molecule has 720 valence electrons. The van der Waals surface area contributed by atoms with Crippen LogP contribution in [0.1, 0.15) is 417 Å². The fraction of sp³-hybridized carbons (Fsp3) is 0.444. The average molecular weight is 1840 g/mol. The minimum atomic E-state index is -0.461. The number of hydrogen-bond donors (Lipinski definition) is 4. The van der Waals surface area contributed by atoms with Crippen LogP contribution in [0.3, 0.4) is 0 Å². The summed E-state index contributed by atoms with van der Waals surface area (Å²) in [5.74, 6) is 13.1. The van der Waals surface area contributed by atoms with Crippen LogP contribution in [0.5, 0.6) is 0 Å². The lowest BCUT2D eigenvalue weighted by Crippen LogP contribution is -2.10. The van der Waals surface area contributed by atoms with Crippen molar-refractivity contribution < 1.29 is 19.1 Å². The van der Waals surface area contributed by atoms with E-state index in [4.69, 9.17) is 29.4 Å². The molecule has 0 unspecified atom stereocenters. The molecule has 12 heteroatoms. The molecule has 0 radical (unpaired) electrons. The highest BCUT2D eigenvalue weighted by Crippen LogP contribution is 2.47. The van der Waals surface area contributed by atoms with Crippen molar-refractivity contribution in [1.29, 1.82) is 0 Å². The zero-order valence-electron chi connectivity index (χ0n) is 85.4. The molecule has 6 aromatic heterocycles. The van der Waals surface area contributed by atoms with E-state index < -0.39 is 11.9 Å². The largest absolute Gasteiger partial charge is 0.461 e. The Labute approximate surface area is 824 Å². The smallest absolute Gasteiger partial charge is 0.306 e. The van der Waals surface area contributed by atoms with Gasteiger partial charge in [-0.3, -0.25) is 9.59 Å². The second-order valence-corrected chi connectivity index (χ2v) is 39.7. The lowest BCUT2D eigenvalue weighted by atomic mass is 9.94. The van der Waals surface area contributed by atoms with Gasteiger partial charge in [-0.25, -0.2) is 19.9 Å². The number of benzene rings is 4. The van der Waals surface area contributed by atoms with Crippen LogP contribution in [0.25, 0.3) is 133 Å². The van der Waals surface area contributed by atoms with Gasteiger partial charge < -0.3 is 29.4 Å². The summed E-state index contributed by atoms with van der Waals surface area (Å²) in [6.45, 7) is 27.6. The zero-order chi connectivity index (χ0) is 96.2. The number of hydrogen-bond acceptors (Lipinski definition) is 8. The molecule has 138 heavy (non-hydrogen) atoms. The Hall–Kier alpha value is -11.9. The fourth-order valence-corrected chi connectivity index (χ4v) is 21.4. The van der Waals surface area contributed by atoms with Crippen molar-refractivity contribution in [1.82, 2.24) is 39.9 Å². The quantitative estimate of drug-likeness (QED) is 0.0167. The van der Waals surface area contributed by atoms with Crippen molar-refractivity contribution in [3.05, 3.63) is 236 Å². The lowest BCUT2D eigenvalue weighted by molar-refractivity contribution is -0.151. The molecular weight excluding hydrogens is 1690 g/mol. The summed E-state index contributed by atoms with van der Waals surface area (Å²) in [6, 6.07) is 53.7. The summed E-state index contributed by atoms with van der Waals surface area (Å²) in [5, 5.41) is 0. The van der Waals surface area contributed by atoms with E-state index in [0.717, 1.165) is 376 Å². The predicted molar refractivity (Wildman–Crippen MR) is 583 cm³/mol. The van der Waals surface area contributed by atoms with Crippen molar-refractivity contribution in [3.8, 4) is 68.2 Å². The highest BCUT2D eigenvalue weighted by atomic mass is 16.5. The number of aryl methyl sites for hydroxylation is 4. The molecule has 4 aromatic carbocycles. The zero-order valence-corrected chi connectivity index (χ0v) is 85.4. The normalized spacial score (nSPS) is 13.6. The third-order valence-corrected chi connectivity index (χ3v) is 29.2. The number of carbonyl (C=O) groups is 2. The number of H-pyrrole nitrogens is 4. The summed E-state index contributed by atoms with van der Waals surface area (Å²) in [4.78, 5) is 68.3. The Morgan fingerprint density at radius 1 is 0.261 bits per heavy atom. The van der Waals surface area contributed by atoms with E-state index >= 15 is 0 Å². The minimum Gasteiger partial charge on any atom is -0.461 e. The van der Waals surface area contributed by atoms with Crippen molar-refractivity contribution in [2.24, 2.45) is 0 Å². The second kappa shape index (κ2) is 50.1. The fourth-order valence-electron chi connectivity index (χ4n) is 21.4. The van der Waals surface area contributed by atoms with Gasteiger partial charge in [0.1, 0.15) is 13.2 Å². The molecule has 0 saturated carbocycles. The van der Waals surface area contributed by atoms with E-state index in [0.29, 0.717) is 0 Å². The van der Waals surface area contributed by atoms with Crippen LogP contribution in [0, 0.1) is 23.7 Å². The van der Waals surface area contributed by atoms with Gasteiger partial charge in [-0.1, -0.05) is 282 Å². The highest BCUT2D eigenvalue weighted by molar-refractivity contribution is 6.03. The van der Waals surface area contributed by atoms with E-state index in [1.54, 1.807) is 0 Å². The second-order valence-electron chi connectivity index (χ2n) is 39.7. The summed E-state index contributed by atoms with van der Waals surface area (Å²) >= 11 is 0. The standard InChI is InChI=1S/C126H152N8O4/c1-13-21-29-37-61-97-85(9)105-75-117-123-93-57-47-53-89(71-93)51-45-46-52-90-54-48-58-94(72-90)124-102(66-42-34-26-18-6)114-80-110-100(64-40-32-24-16-4)88(12)108(130-110)78-120-126(104(68-44-36-28-20-8)116(134-120)82-112-98(62-38-30-22-14-2)86(10)106(128-112)76-118(124)132-114)96-60-50-56-92(74-96)84-138-122(136)70-69-121(135)137-83-91-55-49-59-95(73-91)125-103(67-43-35-27-19-7)115(81-111(97)127-105)133-119(125)77-107-87(11)99(63-39-31-23-15-3)109(129-107)79-113(131-117)101(123)65-41-33-25-17-5/h47-50,53-60,71-82,131-134H,13-44,61-70,83-84H2,1-12H3. The Balaban J connectivity index is 0.965. The molecule has 0 spiro atoms. The molecule has 4 N–H and O–H groups in total. The van der Waals surface area contributed by atoms with E-state index in [1.807, 2.05) is 12.1 Å². The van der Waals surface area contributed by atoms with Crippen LogP contribution < -0.4 is 0 Å². The number of unbranched alkanes of at least 4 members (excludes halogenated alkanes) is 24. The van der Waals surface area contributed by atoms with Crippen LogP contribution in [0.4, 0.5) is 0 Å². The van der Waals surface area contributed by atoms with Gasteiger partial charge in [0.25, 0.3) is 0 Å². The van der Waals surface area contributed by atoms with Crippen LogP contribution in [-0.2, 0) is 58.0 Å². The van der Waals surface area contributed by atoms with E-state index in [1.165, 1.54) is 104 Å². The molecular formula is C126H152N8O4. The first-order valence-electron chi connectivity index (χ1n) is 53.7. The first kappa shape index (κ1) is 101. The molecule has 0 aliphatic carbocycles. The Bertz CT molecular complexity index is 6250. The maximum atomic E-state index is 14.2. The maximum absolute atomic E-state index is 14.2. The SMILES string of the molecule is CCCCCCC1=C(C)c2cc3[nH]c4cc5nc(cc6[nH]c(cc1n2)c(CCCCCC)c6-c1cccc(c1)C#CC#Cc1cccc(c1)-c1c(CCCCCC)c2cc6nc(cc7[nH]c(cc8nc(cc1[nH]2)C(C)=C8CCCCCC)c(CCCCCC)c7-c1cccc(c1)COC(=O)CCC(=O)OCc1cccc(c1)-c3c4CCCCCC)C(C)=C6CCCCCC)C(C)=C5CCCCCC. The van der Waals surface area contributed by atoms with Gasteiger partial charge in [0, 0.05) is 77.5 Å². The first-order valence-corrected chi connectivity index (χ1v) is 53.7. The van der Waals surface area contributed by atoms with E-state index in [-0.39, 0.29) is 26.1 Å². The summed E-state index contributed by atoms with van der Waals surface area (Å²) in [6.07, 6.45) is 42.6. The molecule has 0 saturated heterocycles. The summed E-state index contributed by atoms with van der Waals surface area (Å²) in [7, 11) is 0. The summed E-state index contributed by atoms with van der Waals surface area (Å²) in [5.41, 5.74) is 43.3. The topological polar surface area (TPSA) is 167 Å². The summed E-state index contributed by atoms with van der Waals surface area (Å²) < 4.78 is 12.4. The molecule has 10 aromatic rings. The lowest BCUT2D eigenvalue weighted by Gasteiger charge is -2.11. The van der Waals surface area contributed by atoms with Crippen molar-refractivity contribution in [2.45, 2.75) is 366 Å². The maximum Gasteiger partial charge on any atom is 0.306 e. The molecule has 0 fully saturated rings. The Morgan fingerprint density at radius 3 is 0.746 bits per heavy atom. The number of ether oxygens (including phenoxy) is 2. The highest BCUT2D eigenvalue weighted by Gasteiger charge is 2.29. The van der Waals surface area contributed by atoms with Crippen LogP contribution in [-0.4, -0.2) is 51.8 Å². The monoisotopic (exact) mass is 1840 g/mol. The number of aromatic amines is 4. The minimum absolute atomic E-state index is 0.0366. The van der Waals surface area contributed by atoms with E-state index in [2.05, 4.69) is 260 Å². The molecule has 0 atom stereocenters. The number of aromatic nitrogens is 8. The van der Waals surface area contributed by atoms with Crippen LogP contribution in [0.15, 0.2) is 146 Å². The van der Waals surface area contributed by atoms with Gasteiger partial charge in [-0.2, -0.15) is 0 Å². The van der Waals surface area contributed by atoms with Gasteiger partial charge in [0.15, 0.2) is 0 Å². The molecule has 12 nitrogen and oxygen atoms in total. The molecule has 28 bridgehead atoms. The number of nitrogens with one attached hydrogen (secondary N) is 4. The molecule has 0 amide bonds. The van der Waals surface area contributed by atoms with Crippen LogP contribution >= 0.6 is 0 Å². The number of allylic oxidation sites excluding steroid dienone is 8. The molecule has 17 rings (SSSR count). The average Bonchev–Trinajstić information content (AvgIpc) is 1.60. The van der Waals surface area contributed by atoms with Crippen LogP contribution in [0.2, 0.25) is 0 Å². The van der Waals surface area contributed by atoms with Gasteiger partial charge in [-0.05, 0) is 327 Å². The Kier molecular flexibility index (Phi) is 36.5. The number of rotatable bonds is 40. The third-order valence-electron chi connectivity index (χ3n) is 29.2. The van der Waals surface area contributed by atoms with Gasteiger partial charge >= 0.3 is 11.9 Å². The number of nitrogens with zero attached hydrogens (tertiary/aromatic N) is 4. The van der Waals surface area contributed by atoms with Crippen molar-refractivity contribution >= 4 is 101 Å². The number of carbonyl (C=O) groups excluding carboxylic acids is 2. The van der Waals surface area contributed by atoms with Gasteiger partial charge in [0.2, 0.25) is 0 Å². The first-order chi connectivity index (χ1) is 67.6. The molecule has 13 heterocycles. The predicted octanol–water partition coefficient (Wildman–Crippen LogP) is 35.0. The van der Waals surface area contributed by atoms with Gasteiger partial charge in [0.05, 0.1) is 58.4 Å². The molecule has 7 aliphatic rings. The Morgan fingerprint density at radius 2 is 0.493 bits per heavy atom. The molecule has 7 aliphatic heterocycles. The van der Waals surface area contributed by atoms with E-state index in [9.17, 15) is 9.59 Å². The van der Waals surface area contributed by atoms with Gasteiger partial charge in [-0.15, -0.1) is 0 Å². The third kappa shape index (κ3) is 25.0. The van der Waals surface area contributed by atoms with Crippen molar-refractivity contribution in [3.63, 3.8) is 0 Å².